The van der Waals surface area contributed by atoms with E-state index in [1.165, 1.54) is 5.57 Å². The van der Waals surface area contributed by atoms with Gasteiger partial charge in [0.1, 0.15) is 11.6 Å². The van der Waals surface area contributed by atoms with Gasteiger partial charge in [0.05, 0.1) is 19.6 Å². The van der Waals surface area contributed by atoms with Crippen LogP contribution in [0.5, 0.6) is 11.5 Å². The summed E-state index contributed by atoms with van der Waals surface area (Å²) < 4.78 is 10.6. The summed E-state index contributed by atoms with van der Waals surface area (Å²) in [7, 11) is 3.22. The smallest absolute Gasteiger partial charge is 0.161 e. The van der Waals surface area contributed by atoms with Crippen LogP contribution in [0.25, 0.3) is 5.57 Å². The summed E-state index contributed by atoms with van der Waals surface area (Å²) in [6.07, 6.45) is 4.79. The topological polar surface area (TPSA) is 52.6 Å². The third-order valence-corrected chi connectivity index (χ3v) is 4.92. The highest BCUT2D eigenvalue weighted by atomic mass is 16.5. The zero-order valence-corrected chi connectivity index (χ0v) is 13.0. The maximum absolute atomic E-state index is 12.1. The Morgan fingerprint density at radius 3 is 2.18 bits per heavy atom. The van der Waals surface area contributed by atoms with E-state index in [4.69, 9.17) is 9.47 Å². The molecule has 0 saturated heterocycles. The first-order valence-electron chi connectivity index (χ1n) is 7.59. The van der Waals surface area contributed by atoms with Crippen molar-refractivity contribution in [2.24, 2.45) is 5.41 Å². The fourth-order valence-electron chi connectivity index (χ4n) is 3.52. The van der Waals surface area contributed by atoms with Gasteiger partial charge in [0.2, 0.25) is 0 Å². The van der Waals surface area contributed by atoms with Gasteiger partial charge in [-0.25, -0.2) is 0 Å². The van der Waals surface area contributed by atoms with Crippen LogP contribution in [-0.4, -0.2) is 25.8 Å². The van der Waals surface area contributed by atoms with Crippen LogP contribution in [0.3, 0.4) is 0 Å². The Bertz CT molecular complexity index is 641. The van der Waals surface area contributed by atoms with E-state index in [2.05, 4.69) is 0 Å². The highest BCUT2D eigenvalue weighted by molar-refractivity contribution is 6.13. The van der Waals surface area contributed by atoms with Crippen LogP contribution in [0, 0.1) is 5.41 Å². The average molecular weight is 300 g/mol. The summed E-state index contributed by atoms with van der Waals surface area (Å²) in [6.45, 7) is 0. The largest absolute Gasteiger partial charge is 0.493 e. The highest BCUT2D eigenvalue weighted by Crippen LogP contribution is 2.46. The minimum Gasteiger partial charge on any atom is -0.493 e. The van der Waals surface area contributed by atoms with Crippen LogP contribution in [0.15, 0.2) is 24.3 Å². The fourth-order valence-corrected chi connectivity index (χ4v) is 3.52. The van der Waals surface area contributed by atoms with Crippen molar-refractivity contribution in [2.75, 3.05) is 14.2 Å². The Morgan fingerprint density at radius 2 is 1.64 bits per heavy atom. The lowest BCUT2D eigenvalue weighted by molar-refractivity contribution is -0.135. The molecule has 0 aliphatic heterocycles. The molecule has 1 aromatic carbocycles. The Morgan fingerprint density at radius 1 is 0.955 bits per heavy atom. The molecule has 116 valence electrons. The number of carbonyl (C=O) groups is 2. The number of Topliss-reactive ketones (excluding diaryl/α,β-unsaturated/α-hetero) is 2. The molecule has 1 aromatic rings. The SMILES string of the molecule is COc1ccc(C2=CCC3(CC2)C(=O)CCC3=O)cc1OC. The molecule has 4 nitrogen and oxygen atoms in total. The molecule has 0 N–H and O–H groups in total. The van der Waals surface area contributed by atoms with Crippen molar-refractivity contribution in [2.45, 2.75) is 32.1 Å². The van der Waals surface area contributed by atoms with E-state index in [0.29, 0.717) is 37.2 Å². The molecule has 2 aliphatic rings. The number of ether oxygens (including phenoxy) is 2. The molecule has 0 atom stereocenters. The Kier molecular flexibility index (Phi) is 3.77. The van der Waals surface area contributed by atoms with E-state index < -0.39 is 5.41 Å². The van der Waals surface area contributed by atoms with Gasteiger partial charge in [0.25, 0.3) is 0 Å². The summed E-state index contributed by atoms with van der Waals surface area (Å²) in [5.74, 6) is 1.63. The lowest BCUT2D eigenvalue weighted by Crippen LogP contribution is -2.34. The number of rotatable bonds is 3. The van der Waals surface area contributed by atoms with E-state index >= 15 is 0 Å². The number of benzene rings is 1. The zero-order chi connectivity index (χ0) is 15.7. The van der Waals surface area contributed by atoms with Gasteiger partial charge < -0.3 is 9.47 Å². The van der Waals surface area contributed by atoms with Crippen molar-refractivity contribution in [1.82, 2.24) is 0 Å². The molecular formula is C18H20O4. The molecule has 0 amide bonds. The van der Waals surface area contributed by atoms with Gasteiger partial charge in [-0.15, -0.1) is 0 Å². The maximum atomic E-state index is 12.1. The average Bonchev–Trinajstić information content (AvgIpc) is 2.83. The van der Waals surface area contributed by atoms with E-state index in [0.717, 1.165) is 12.0 Å². The monoisotopic (exact) mass is 300 g/mol. The van der Waals surface area contributed by atoms with Gasteiger partial charge in [-0.1, -0.05) is 12.1 Å². The van der Waals surface area contributed by atoms with Gasteiger partial charge in [-0.3, -0.25) is 9.59 Å². The Balaban J connectivity index is 1.87. The molecule has 4 heteroatoms. The van der Waals surface area contributed by atoms with Crippen molar-refractivity contribution in [3.8, 4) is 11.5 Å². The second-order valence-electron chi connectivity index (χ2n) is 5.93. The van der Waals surface area contributed by atoms with E-state index in [-0.39, 0.29) is 11.6 Å². The predicted molar refractivity (Wildman–Crippen MR) is 83.1 cm³/mol. The third-order valence-electron chi connectivity index (χ3n) is 4.92. The van der Waals surface area contributed by atoms with E-state index in [1.807, 2.05) is 24.3 Å². The number of hydrogen-bond acceptors (Lipinski definition) is 4. The predicted octanol–water partition coefficient (Wildman–Crippen LogP) is 3.19. The fraction of sp³-hybridized carbons (Fsp3) is 0.444. The van der Waals surface area contributed by atoms with Crippen molar-refractivity contribution in [1.29, 1.82) is 0 Å². The molecule has 1 saturated carbocycles. The molecule has 0 heterocycles. The molecule has 3 rings (SSSR count). The molecular weight excluding hydrogens is 280 g/mol. The van der Waals surface area contributed by atoms with E-state index in [1.54, 1.807) is 14.2 Å². The van der Waals surface area contributed by atoms with Gasteiger partial charge in [0, 0.05) is 12.8 Å². The van der Waals surface area contributed by atoms with Crippen molar-refractivity contribution >= 4 is 17.1 Å². The number of allylic oxidation sites excluding steroid dienone is 2. The summed E-state index contributed by atoms with van der Waals surface area (Å²) in [5, 5.41) is 0. The lowest BCUT2D eigenvalue weighted by atomic mass is 9.71. The van der Waals surface area contributed by atoms with Gasteiger partial charge in [0.15, 0.2) is 11.5 Å². The normalized spacial score (nSPS) is 20.2. The Hall–Kier alpha value is -2.10. The third kappa shape index (κ3) is 2.23. The molecule has 22 heavy (non-hydrogen) atoms. The first kappa shape index (κ1) is 14.8. The highest BCUT2D eigenvalue weighted by Gasteiger charge is 2.49. The maximum Gasteiger partial charge on any atom is 0.161 e. The number of methoxy groups -OCH3 is 2. The number of hydrogen-bond donors (Lipinski definition) is 0. The van der Waals surface area contributed by atoms with Gasteiger partial charge >= 0.3 is 0 Å². The molecule has 0 aromatic heterocycles. The standard InChI is InChI=1S/C18H20O4/c1-21-14-4-3-13(11-15(14)22-2)12-7-9-18(10-8-12)16(19)5-6-17(18)20/h3-4,7,11H,5-6,8-10H2,1-2H3. The van der Waals surface area contributed by atoms with Crippen LogP contribution in [0.4, 0.5) is 0 Å². The summed E-state index contributed by atoms with van der Waals surface area (Å²) >= 11 is 0. The molecule has 1 fully saturated rings. The summed E-state index contributed by atoms with van der Waals surface area (Å²) in [6, 6.07) is 5.82. The van der Waals surface area contributed by atoms with Crippen molar-refractivity contribution in [3.63, 3.8) is 0 Å². The zero-order valence-electron chi connectivity index (χ0n) is 13.0. The Labute approximate surface area is 130 Å². The van der Waals surface area contributed by atoms with Gasteiger partial charge in [-0.2, -0.15) is 0 Å². The molecule has 0 bridgehead atoms. The minimum absolute atomic E-state index is 0.125. The molecule has 1 spiro atoms. The first-order valence-corrected chi connectivity index (χ1v) is 7.59. The van der Waals surface area contributed by atoms with Crippen LogP contribution < -0.4 is 9.47 Å². The summed E-state index contributed by atoms with van der Waals surface area (Å²) in [4.78, 5) is 24.2. The molecule has 0 radical (unpaired) electrons. The van der Waals surface area contributed by atoms with Crippen LogP contribution in [0.2, 0.25) is 0 Å². The van der Waals surface area contributed by atoms with Crippen LogP contribution >= 0.6 is 0 Å². The van der Waals surface area contributed by atoms with Crippen molar-refractivity contribution < 1.29 is 19.1 Å². The van der Waals surface area contributed by atoms with Crippen molar-refractivity contribution in [3.05, 3.63) is 29.8 Å². The second kappa shape index (κ2) is 5.59. The summed E-state index contributed by atoms with van der Waals surface area (Å²) in [5.41, 5.74) is 1.50. The lowest BCUT2D eigenvalue weighted by Gasteiger charge is -2.29. The van der Waals surface area contributed by atoms with Crippen LogP contribution in [0.1, 0.15) is 37.7 Å². The first-order chi connectivity index (χ1) is 10.6. The molecule has 0 unspecified atom stereocenters. The number of ketones is 2. The number of carbonyl (C=O) groups excluding carboxylic acids is 2. The minimum atomic E-state index is -0.722. The second-order valence-corrected chi connectivity index (χ2v) is 5.93. The quantitative estimate of drug-likeness (QED) is 0.804. The van der Waals surface area contributed by atoms with Gasteiger partial charge in [-0.05, 0) is 42.5 Å². The van der Waals surface area contributed by atoms with E-state index in [9.17, 15) is 9.59 Å². The molecule has 2 aliphatic carbocycles. The van der Waals surface area contributed by atoms with Crippen LogP contribution in [-0.2, 0) is 9.59 Å².